The maximum absolute atomic E-state index is 10.6. The average molecular weight is 212 g/mol. The van der Waals surface area contributed by atoms with Gasteiger partial charge in [-0.15, -0.1) is 0 Å². The molecule has 0 N–H and O–H groups in total. The number of carbonyl (C=O) groups excluding carboxylic acids is 1. The molecule has 0 aliphatic rings. The van der Waals surface area contributed by atoms with Crippen molar-refractivity contribution in [3.63, 3.8) is 0 Å². The molecule has 5 heteroatoms. The number of carboxylic acids is 1. The monoisotopic (exact) mass is 212 g/mol. The van der Waals surface area contributed by atoms with Gasteiger partial charge in [-0.3, -0.25) is 9.97 Å². The molecule has 0 aromatic carbocycles. The second-order valence-electron chi connectivity index (χ2n) is 2.52. The van der Waals surface area contributed by atoms with Crippen LogP contribution in [-0.4, -0.2) is 15.9 Å². The van der Waals surface area contributed by atoms with Crippen LogP contribution in [0.25, 0.3) is 11.0 Å². The minimum Gasteiger partial charge on any atom is -0.545 e. The molecule has 0 fully saturated rings. The summed E-state index contributed by atoms with van der Waals surface area (Å²) in [5.41, 5.74) is 1.000. The fraction of sp³-hybridized carbons (Fsp3) is 0. The number of hydrogen-bond acceptors (Lipinski definition) is 4. The largest absolute Gasteiger partial charge is 1.00 e. The van der Waals surface area contributed by atoms with Crippen molar-refractivity contribution in [2.75, 3.05) is 0 Å². The Morgan fingerprint density at radius 1 is 1.21 bits per heavy atom. The van der Waals surface area contributed by atoms with Gasteiger partial charge in [-0.25, -0.2) is 0 Å². The van der Waals surface area contributed by atoms with E-state index in [2.05, 4.69) is 9.97 Å². The SMILES string of the molecule is O=C([O-])c1ccnc2cccnc12.[K+]. The van der Waals surface area contributed by atoms with Crippen LogP contribution in [0.5, 0.6) is 0 Å². The fourth-order valence-corrected chi connectivity index (χ4v) is 1.14. The third kappa shape index (κ3) is 2.18. The average Bonchev–Trinajstić information content (AvgIpc) is 2.17. The molecule has 4 nitrogen and oxygen atoms in total. The molecule has 2 aromatic rings. The van der Waals surface area contributed by atoms with Crippen molar-refractivity contribution in [3.8, 4) is 0 Å². The Hall–Kier alpha value is -0.334. The third-order valence-corrected chi connectivity index (χ3v) is 1.72. The second kappa shape index (κ2) is 4.95. The van der Waals surface area contributed by atoms with Crippen LogP contribution in [0.2, 0.25) is 0 Å². The zero-order valence-electron chi connectivity index (χ0n) is 7.60. The predicted molar refractivity (Wildman–Crippen MR) is 43.9 cm³/mol. The van der Waals surface area contributed by atoms with Crippen molar-refractivity contribution in [2.24, 2.45) is 0 Å². The minimum absolute atomic E-state index is 0. The Morgan fingerprint density at radius 3 is 2.71 bits per heavy atom. The van der Waals surface area contributed by atoms with E-state index in [1.807, 2.05) is 0 Å². The van der Waals surface area contributed by atoms with E-state index in [1.165, 1.54) is 18.5 Å². The van der Waals surface area contributed by atoms with Gasteiger partial charge in [0.15, 0.2) is 0 Å². The zero-order valence-corrected chi connectivity index (χ0v) is 10.7. The van der Waals surface area contributed by atoms with Crippen LogP contribution in [0.4, 0.5) is 0 Å². The molecule has 0 saturated heterocycles. The van der Waals surface area contributed by atoms with Gasteiger partial charge in [0.2, 0.25) is 0 Å². The van der Waals surface area contributed by atoms with Gasteiger partial charge in [0.05, 0.1) is 17.0 Å². The summed E-state index contributed by atoms with van der Waals surface area (Å²) in [5, 5.41) is 10.6. The van der Waals surface area contributed by atoms with Crippen LogP contribution in [0, 0.1) is 0 Å². The molecule has 0 aliphatic carbocycles. The maximum Gasteiger partial charge on any atom is 1.00 e. The maximum atomic E-state index is 10.6. The first kappa shape index (κ1) is 11.7. The number of hydrogen-bond donors (Lipinski definition) is 0. The minimum atomic E-state index is -1.23. The first-order chi connectivity index (χ1) is 6.29. The molecule has 14 heavy (non-hydrogen) atoms. The third-order valence-electron chi connectivity index (χ3n) is 1.72. The first-order valence-electron chi connectivity index (χ1n) is 3.70. The Morgan fingerprint density at radius 2 is 2.00 bits per heavy atom. The molecule has 2 rings (SSSR count). The van der Waals surface area contributed by atoms with E-state index < -0.39 is 5.97 Å². The van der Waals surface area contributed by atoms with Crippen molar-refractivity contribution < 1.29 is 61.3 Å². The molecule has 0 bridgehead atoms. The molecule has 0 radical (unpaired) electrons. The van der Waals surface area contributed by atoms with E-state index in [0.717, 1.165) is 0 Å². The second-order valence-corrected chi connectivity index (χ2v) is 2.52. The van der Waals surface area contributed by atoms with E-state index in [9.17, 15) is 9.90 Å². The first-order valence-corrected chi connectivity index (χ1v) is 3.70. The predicted octanol–water partition coefficient (Wildman–Crippen LogP) is -3.00. The van der Waals surface area contributed by atoms with Crippen molar-refractivity contribution in [1.82, 2.24) is 9.97 Å². The Labute approximate surface area is 123 Å². The van der Waals surface area contributed by atoms with Crippen molar-refractivity contribution in [3.05, 3.63) is 36.2 Å². The van der Waals surface area contributed by atoms with E-state index in [1.54, 1.807) is 12.1 Å². The van der Waals surface area contributed by atoms with E-state index >= 15 is 0 Å². The molecule has 0 amide bonds. The summed E-state index contributed by atoms with van der Waals surface area (Å²) < 4.78 is 0. The molecular weight excluding hydrogens is 207 g/mol. The Kier molecular flexibility index (Phi) is 4.15. The van der Waals surface area contributed by atoms with Gasteiger partial charge in [0, 0.05) is 18.0 Å². The van der Waals surface area contributed by atoms with Crippen LogP contribution in [0.15, 0.2) is 30.6 Å². The number of carboxylic acid groups (broad SMARTS) is 1. The van der Waals surface area contributed by atoms with Gasteiger partial charge >= 0.3 is 51.4 Å². The summed E-state index contributed by atoms with van der Waals surface area (Å²) in [6, 6.07) is 4.79. The van der Waals surface area contributed by atoms with Crippen LogP contribution in [-0.2, 0) is 0 Å². The van der Waals surface area contributed by atoms with Gasteiger partial charge in [-0.2, -0.15) is 0 Å². The summed E-state index contributed by atoms with van der Waals surface area (Å²) in [4.78, 5) is 18.5. The number of nitrogens with zero attached hydrogens (tertiary/aromatic N) is 2. The quantitative estimate of drug-likeness (QED) is 0.472. The number of aromatic nitrogens is 2. The molecular formula is C9H5KN2O2. The van der Waals surface area contributed by atoms with Crippen molar-refractivity contribution >= 4 is 17.0 Å². The molecule has 2 aromatic heterocycles. The van der Waals surface area contributed by atoms with Crippen molar-refractivity contribution in [2.45, 2.75) is 0 Å². The molecule has 0 atom stereocenters. The molecule has 0 aliphatic heterocycles. The standard InChI is InChI=1S/C9H6N2O2.K/c12-9(13)6-3-5-10-7-2-1-4-11-8(6)7;/h1-5H,(H,12,13);/q;+1/p-1. The van der Waals surface area contributed by atoms with Crippen LogP contribution < -0.4 is 56.5 Å². The summed E-state index contributed by atoms with van der Waals surface area (Å²) in [6.07, 6.45) is 2.95. The van der Waals surface area contributed by atoms with E-state index in [-0.39, 0.29) is 56.9 Å². The van der Waals surface area contributed by atoms with Crippen molar-refractivity contribution in [1.29, 1.82) is 0 Å². The van der Waals surface area contributed by atoms with Crippen LogP contribution >= 0.6 is 0 Å². The topological polar surface area (TPSA) is 65.9 Å². The molecule has 0 unspecified atom stereocenters. The number of carbonyl (C=O) groups is 1. The fourth-order valence-electron chi connectivity index (χ4n) is 1.14. The zero-order chi connectivity index (χ0) is 9.26. The summed E-state index contributed by atoms with van der Waals surface area (Å²) in [7, 11) is 0. The summed E-state index contributed by atoms with van der Waals surface area (Å²) >= 11 is 0. The Balaban J connectivity index is 0.000000980. The molecule has 64 valence electrons. The van der Waals surface area contributed by atoms with Crippen LogP contribution in [0.3, 0.4) is 0 Å². The molecule has 2 heterocycles. The van der Waals surface area contributed by atoms with E-state index in [0.29, 0.717) is 11.0 Å². The van der Waals surface area contributed by atoms with Gasteiger partial charge in [-0.05, 0) is 18.2 Å². The van der Waals surface area contributed by atoms with E-state index in [4.69, 9.17) is 0 Å². The van der Waals surface area contributed by atoms with Gasteiger partial charge in [0.1, 0.15) is 0 Å². The van der Waals surface area contributed by atoms with Gasteiger partial charge in [-0.1, -0.05) is 0 Å². The normalized spacial score (nSPS) is 9.43. The molecule has 0 spiro atoms. The van der Waals surface area contributed by atoms with Gasteiger partial charge < -0.3 is 9.90 Å². The number of rotatable bonds is 1. The Bertz CT molecular complexity index is 468. The summed E-state index contributed by atoms with van der Waals surface area (Å²) in [6.45, 7) is 0. The smallest absolute Gasteiger partial charge is 0.545 e. The number of aromatic carboxylic acids is 1. The van der Waals surface area contributed by atoms with Crippen LogP contribution in [0.1, 0.15) is 10.4 Å². The number of fused-ring (bicyclic) bond motifs is 1. The molecule has 0 saturated carbocycles. The van der Waals surface area contributed by atoms with Gasteiger partial charge in [0.25, 0.3) is 0 Å². The summed E-state index contributed by atoms with van der Waals surface area (Å²) in [5.74, 6) is -1.23. The number of pyridine rings is 2.